The van der Waals surface area contributed by atoms with E-state index in [-0.39, 0.29) is 5.12 Å². The Kier molecular flexibility index (Phi) is 3.17. The molecule has 0 spiro atoms. The summed E-state index contributed by atoms with van der Waals surface area (Å²) in [6, 6.07) is 0. The van der Waals surface area contributed by atoms with Crippen LogP contribution in [0.2, 0.25) is 0 Å². The Hall–Kier alpha value is -2.04. The Labute approximate surface area is 62.0 Å². The van der Waals surface area contributed by atoms with Crippen LogP contribution in [0.25, 0.3) is 0 Å². The number of nitrogens with zero attached hydrogens (tertiary/aromatic N) is 4. The molecule has 0 rings (SSSR count). The zero-order valence-corrected chi connectivity index (χ0v) is 5.68. The average molecular weight is 158 g/mol. The summed E-state index contributed by atoms with van der Waals surface area (Å²) in [6.45, 7) is 0. The van der Waals surface area contributed by atoms with Crippen LogP contribution < -0.4 is 11.2 Å². The second-order valence-electron chi connectivity index (χ2n) is 1.36. The van der Waals surface area contributed by atoms with Gasteiger partial charge in [-0.25, -0.2) is 15.1 Å². The van der Waals surface area contributed by atoms with Gasteiger partial charge >= 0.3 is 0 Å². The van der Waals surface area contributed by atoms with Crippen molar-refractivity contribution in [1.29, 1.82) is 5.26 Å². The average Bonchev–Trinajstić information content (AvgIpc) is 1.98. The monoisotopic (exact) mass is 158 g/mol. The van der Waals surface area contributed by atoms with Gasteiger partial charge in [0.2, 0.25) is 6.19 Å². The van der Waals surface area contributed by atoms with Crippen molar-refractivity contribution in [1.82, 2.24) is 10.5 Å². The number of nitrogens with two attached hydrogens (primary N) is 1. The Morgan fingerprint density at radius 1 is 2.00 bits per heavy atom. The standard InChI is InChI=1S/C3H6N6O2/c1-6-3(5)8(7-2-4)9(10)11/h7H,1H3,(H2,5,6). The number of nitrogens with one attached hydrogen (secondary N) is 1. The van der Waals surface area contributed by atoms with E-state index < -0.39 is 11.0 Å². The number of hydrogen-bond acceptors (Lipinski definition) is 5. The van der Waals surface area contributed by atoms with Gasteiger partial charge in [-0.15, -0.1) is 0 Å². The van der Waals surface area contributed by atoms with Gasteiger partial charge in [-0.3, -0.25) is 0 Å². The number of hydrazine groups is 2. The summed E-state index contributed by atoms with van der Waals surface area (Å²) >= 11 is 0. The van der Waals surface area contributed by atoms with Crippen LogP contribution in [0.5, 0.6) is 0 Å². The first-order valence-electron chi connectivity index (χ1n) is 2.45. The molecule has 0 aromatic carbocycles. The molecule has 0 aliphatic carbocycles. The van der Waals surface area contributed by atoms with Crippen LogP contribution >= 0.6 is 0 Å². The van der Waals surface area contributed by atoms with Crippen LogP contribution in [0, 0.1) is 21.6 Å². The molecule has 3 N–H and O–H groups in total. The van der Waals surface area contributed by atoms with Gasteiger partial charge in [0.15, 0.2) is 5.03 Å². The molecule has 0 bridgehead atoms. The highest BCUT2D eigenvalue weighted by atomic mass is 16.7. The third-order valence-electron chi connectivity index (χ3n) is 0.765. The molecule has 0 aliphatic rings. The van der Waals surface area contributed by atoms with Gasteiger partial charge < -0.3 is 5.73 Å². The highest BCUT2D eigenvalue weighted by Crippen LogP contribution is 1.80. The summed E-state index contributed by atoms with van der Waals surface area (Å²) in [7, 11) is 1.27. The molecule has 0 unspecified atom stereocenters. The minimum Gasteiger partial charge on any atom is -0.363 e. The zero-order valence-electron chi connectivity index (χ0n) is 5.68. The smallest absolute Gasteiger partial charge is 0.281 e. The summed E-state index contributed by atoms with van der Waals surface area (Å²) in [5.41, 5.74) is 6.74. The maximum Gasteiger partial charge on any atom is 0.281 e. The first-order chi connectivity index (χ1) is 5.13. The van der Waals surface area contributed by atoms with E-state index >= 15 is 0 Å². The quantitative estimate of drug-likeness (QED) is 0.125. The van der Waals surface area contributed by atoms with Gasteiger partial charge in [-0.1, -0.05) is 0 Å². The molecule has 0 radical (unpaired) electrons. The lowest BCUT2D eigenvalue weighted by Gasteiger charge is -2.07. The van der Waals surface area contributed by atoms with Gasteiger partial charge in [0.1, 0.15) is 0 Å². The number of aliphatic imine (C=N–C) groups is 1. The third kappa shape index (κ3) is 2.35. The molecule has 0 saturated carbocycles. The van der Waals surface area contributed by atoms with E-state index in [1.807, 2.05) is 0 Å². The van der Waals surface area contributed by atoms with Gasteiger partial charge in [-0.05, 0) is 0 Å². The third-order valence-corrected chi connectivity index (χ3v) is 0.765. The summed E-state index contributed by atoms with van der Waals surface area (Å²) in [6.07, 6.45) is 1.34. The lowest BCUT2D eigenvalue weighted by molar-refractivity contribution is -0.640. The van der Waals surface area contributed by atoms with Gasteiger partial charge in [-0.2, -0.15) is 10.7 Å². The molecule has 11 heavy (non-hydrogen) atoms. The van der Waals surface area contributed by atoms with Crippen LogP contribution in [0.15, 0.2) is 4.99 Å². The lowest BCUT2D eigenvalue weighted by Crippen LogP contribution is -2.48. The van der Waals surface area contributed by atoms with Crippen LogP contribution in [0.1, 0.15) is 0 Å². The summed E-state index contributed by atoms with van der Waals surface area (Å²) < 4.78 is 0. The maximum absolute atomic E-state index is 10.0. The van der Waals surface area contributed by atoms with Crippen molar-refractivity contribution in [3.63, 3.8) is 0 Å². The first-order valence-corrected chi connectivity index (χ1v) is 2.45. The molecular formula is C3H6N6O2. The summed E-state index contributed by atoms with van der Waals surface area (Å²) in [4.78, 5) is 13.3. The largest absolute Gasteiger partial charge is 0.363 e. The number of hydrogen-bond donors (Lipinski definition) is 2. The Balaban J connectivity index is 4.37. The van der Waals surface area contributed by atoms with Gasteiger partial charge in [0, 0.05) is 12.2 Å². The van der Waals surface area contributed by atoms with Crippen molar-refractivity contribution >= 4 is 5.96 Å². The number of guanidine groups is 1. The molecule has 60 valence electrons. The highest BCUT2D eigenvalue weighted by Gasteiger charge is 2.17. The van der Waals surface area contributed by atoms with Crippen molar-refractivity contribution in [2.75, 3.05) is 7.05 Å². The van der Waals surface area contributed by atoms with E-state index in [1.165, 1.54) is 13.2 Å². The van der Waals surface area contributed by atoms with E-state index in [2.05, 4.69) is 4.99 Å². The molecule has 0 atom stereocenters. The molecule has 0 fully saturated rings. The molecule has 0 aromatic heterocycles. The van der Waals surface area contributed by atoms with E-state index in [9.17, 15) is 10.1 Å². The van der Waals surface area contributed by atoms with Crippen molar-refractivity contribution in [3.8, 4) is 6.19 Å². The summed E-state index contributed by atoms with van der Waals surface area (Å²) in [5.74, 6) is -0.392. The van der Waals surface area contributed by atoms with Crippen LogP contribution in [0.3, 0.4) is 0 Å². The predicted molar refractivity (Wildman–Crippen MR) is 35.1 cm³/mol. The Morgan fingerprint density at radius 3 is 2.82 bits per heavy atom. The minimum absolute atomic E-state index is 0.208. The topological polar surface area (TPSA) is 121 Å². The van der Waals surface area contributed by atoms with Crippen LogP contribution in [-0.2, 0) is 0 Å². The number of rotatable bonds is 2. The molecule has 0 saturated heterocycles. The molecule has 8 nitrogen and oxygen atoms in total. The fraction of sp³-hybridized carbons (Fsp3) is 0.333. The Bertz CT molecular complexity index is 216. The maximum atomic E-state index is 10.0. The summed E-state index contributed by atoms with van der Waals surface area (Å²) in [5, 5.41) is 17.4. The van der Waals surface area contributed by atoms with Crippen molar-refractivity contribution in [3.05, 3.63) is 10.1 Å². The molecule has 8 heteroatoms. The van der Waals surface area contributed by atoms with Crippen molar-refractivity contribution in [2.45, 2.75) is 0 Å². The minimum atomic E-state index is -0.897. The second-order valence-corrected chi connectivity index (χ2v) is 1.36. The molecule has 0 aliphatic heterocycles. The van der Waals surface area contributed by atoms with E-state index in [4.69, 9.17) is 11.0 Å². The Morgan fingerprint density at radius 2 is 2.55 bits per heavy atom. The van der Waals surface area contributed by atoms with Gasteiger partial charge in [0.25, 0.3) is 5.96 Å². The highest BCUT2D eigenvalue weighted by molar-refractivity contribution is 5.76. The van der Waals surface area contributed by atoms with Crippen LogP contribution in [-0.4, -0.2) is 23.2 Å². The lowest BCUT2D eigenvalue weighted by atomic mass is 11.0. The SMILES string of the molecule is CN=C(N)N(NC#N)[N+](=O)[O-]. The molecular weight excluding hydrogens is 152 g/mol. The molecule has 0 heterocycles. The van der Waals surface area contributed by atoms with E-state index in [0.29, 0.717) is 0 Å². The fourth-order valence-electron chi connectivity index (χ4n) is 0.324. The predicted octanol–water partition coefficient (Wildman–Crippen LogP) is -1.59. The number of nitriles is 1. The fourth-order valence-corrected chi connectivity index (χ4v) is 0.324. The van der Waals surface area contributed by atoms with Crippen LogP contribution in [0.4, 0.5) is 0 Å². The van der Waals surface area contributed by atoms with E-state index in [1.54, 1.807) is 5.43 Å². The number of nitro groups is 1. The normalized spacial score (nSPS) is 10.0. The van der Waals surface area contributed by atoms with Gasteiger partial charge in [0.05, 0.1) is 0 Å². The zero-order chi connectivity index (χ0) is 8.85. The molecule has 0 aromatic rings. The van der Waals surface area contributed by atoms with E-state index in [0.717, 1.165) is 0 Å². The second kappa shape index (κ2) is 3.89. The van der Waals surface area contributed by atoms with Crippen molar-refractivity contribution in [2.24, 2.45) is 10.7 Å². The molecule has 0 amide bonds. The van der Waals surface area contributed by atoms with Crippen molar-refractivity contribution < 1.29 is 5.03 Å². The first kappa shape index (κ1) is 8.96.